The van der Waals surface area contributed by atoms with Gasteiger partial charge in [-0.05, 0) is 44.5 Å². The first-order valence-electron chi connectivity index (χ1n) is 6.50. The molecule has 0 radical (unpaired) electrons. The average Bonchev–Trinajstić information content (AvgIpc) is 3.11. The van der Waals surface area contributed by atoms with Gasteiger partial charge >= 0.3 is 5.97 Å². The van der Waals surface area contributed by atoms with Crippen LogP contribution in [0.25, 0.3) is 0 Å². The van der Waals surface area contributed by atoms with Gasteiger partial charge in [0.2, 0.25) is 0 Å². The topological polar surface area (TPSA) is 40.5 Å². The summed E-state index contributed by atoms with van der Waals surface area (Å²) < 4.78 is 0. The van der Waals surface area contributed by atoms with E-state index < -0.39 is 11.4 Å². The first kappa shape index (κ1) is 13.1. The van der Waals surface area contributed by atoms with Gasteiger partial charge in [-0.25, -0.2) is 0 Å². The number of hydrogen-bond donors (Lipinski definition) is 1. The lowest BCUT2D eigenvalue weighted by atomic mass is 9.88. The van der Waals surface area contributed by atoms with Gasteiger partial charge < -0.3 is 10.0 Å². The lowest BCUT2D eigenvalue weighted by molar-refractivity contribution is -0.146. The van der Waals surface area contributed by atoms with E-state index in [0.717, 1.165) is 24.8 Å². The third-order valence-corrected chi connectivity index (χ3v) is 3.96. The van der Waals surface area contributed by atoms with Crippen molar-refractivity contribution in [2.24, 2.45) is 5.41 Å². The molecule has 1 N–H and O–H groups in total. The molecule has 0 heterocycles. The van der Waals surface area contributed by atoms with Crippen LogP contribution in [-0.4, -0.2) is 30.1 Å². The van der Waals surface area contributed by atoms with Crippen LogP contribution in [0.3, 0.4) is 0 Å². The molecule has 1 aromatic carbocycles. The second-order valence-corrected chi connectivity index (χ2v) is 5.42. The molecule has 3 heteroatoms. The van der Waals surface area contributed by atoms with Crippen LogP contribution < -0.4 is 0 Å². The van der Waals surface area contributed by atoms with Crippen molar-refractivity contribution in [2.45, 2.75) is 32.2 Å². The first-order chi connectivity index (χ1) is 8.51. The zero-order chi connectivity index (χ0) is 13.3. The quantitative estimate of drug-likeness (QED) is 0.869. The van der Waals surface area contributed by atoms with Crippen LogP contribution in [0.1, 0.15) is 36.9 Å². The summed E-state index contributed by atoms with van der Waals surface area (Å²) >= 11 is 0. The van der Waals surface area contributed by atoms with Gasteiger partial charge in [0.25, 0.3) is 0 Å². The van der Waals surface area contributed by atoms with Gasteiger partial charge in [0.05, 0.1) is 11.5 Å². The van der Waals surface area contributed by atoms with Crippen molar-refractivity contribution in [3.8, 4) is 0 Å². The summed E-state index contributed by atoms with van der Waals surface area (Å²) in [5, 5.41) is 9.46. The molecule has 0 amide bonds. The largest absolute Gasteiger partial charge is 0.481 e. The lowest BCUT2D eigenvalue weighted by Crippen LogP contribution is -2.33. The van der Waals surface area contributed by atoms with Gasteiger partial charge in [0, 0.05) is 0 Å². The molecule has 1 aliphatic rings. The molecule has 1 unspecified atom stereocenters. The van der Waals surface area contributed by atoms with Crippen LogP contribution in [-0.2, 0) is 11.2 Å². The maximum Gasteiger partial charge on any atom is 0.311 e. The first-order valence-corrected chi connectivity index (χ1v) is 6.50. The third-order valence-electron chi connectivity index (χ3n) is 3.96. The molecule has 1 aromatic rings. The molecular weight excluding hydrogens is 226 g/mol. The summed E-state index contributed by atoms with van der Waals surface area (Å²) in [5.74, 6) is -0.666. The summed E-state index contributed by atoms with van der Waals surface area (Å²) in [6.45, 7) is 2.12. The summed E-state index contributed by atoms with van der Waals surface area (Å²) in [4.78, 5) is 13.5. The Bertz CT molecular complexity index is 432. The van der Waals surface area contributed by atoms with Crippen LogP contribution in [0.2, 0.25) is 0 Å². The smallest absolute Gasteiger partial charge is 0.311 e. The summed E-state index contributed by atoms with van der Waals surface area (Å²) in [5.41, 5.74) is 1.82. The van der Waals surface area contributed by atoms with Gasteiger partial charge in [-0.1, -0.05) is 31.2 Å². The highest BCUT2D eigenvalue weighted by atomic mass is 16.4. The number of nitrogens with zero attached hydrogens (tertiary/aromatic N) is 1. The van der Waals surface area contributed by atoms with E-state index in [9.17, 15) is 9.90 Å². The maximum absolute atomic E-state index is 11.5. The molecule has 0 saturated heterocycles. The van der Waals surface area contributed by atoms with Crippen LogP contribution in [0, 0.1) is 5.41 Å². The molecule has 1 aliphatic carbocycles. The van der Waals surface area contributed by atoms with E-state index in [1.54, 1.807) is 0 Å². The fraction of sp³-hybridized carbons (Fsp3) is 0.533. The number of aliphatic carboxylic acids is 1. The van der Waals surface area contributed by atoms with Crippen molar-refractivity contribution in [2.75, 3.05) is 14.1 Å². The van der Waals surface area contributed by atoms with E-state index in [4.69, 9.17) is 0 Å². The summed E-state index contributed by atoms with van der Waals surface area (Å²) in [6, 6.07) is 8.33. The molecule has 0 spiro atoms. The summed E-state index contributed by atoms with van der Waals surface area (Å²) in [7, 11) is 3.92. The second-order valence-electron chi connectivity index (χ2n) is 5.42. The minimum atomic E-state index is -0.666. The highest BCUT2D eigenvalue weighted by Crippen LogP contribution is 2.56. The normalized spacial score (nSPS) is 18.7. The fourth-order valence-corrected chi connectivity index (χ4v) is 2.79. The fourth-order valence-electron chi connectivity index (χ4n) is 2.79. The van der Waals surface area contributed by atoms with Crippen molar-refractivity contribution in [3.63, 3.8) is 0 Å². The molecule has 3 nitrogen and oxygen atoms in total. The predicted octanol–water partition coefficient (Wildman–Crippen LogP) is 2.72. The number of carboxylic acids is 1. The average molecular weight is 247 g/mol. The Morgan fingerprint density at radius 2 is 1.89 bits per heavy atom. The minimum Gasteiger partial charge on any atom is -0.481 e. The standard InChI is InChI=1S/C15H21NO2/c1-4-11-5-7-12(8-6-11)13(16(2)3)15(9-10-15)14(17)18/h5-8,13H,4,9-10H2,1-3H3,(H,17,18). The molecular formula is C15H21NO2. The third kappa shape index (κ3) is 2.15. The molecule has 1 fully saturated rings. The predicted molar refractivity (Wildman–Crippen MR) is 71.6 cm³/mol. The number of rotatable bonds is 5. The molecule has 1 atom stereocenters. The molecule has 0 aliphatic heterocycles. The maximum atomic E-state index is 11.5. The Balaban J connectivity index is 2.33. The Morgan fingerprint density at radius 3 is 2.22 bits per heavy atom. The van der Waals surface area contributed by atoms with Gasteiger partial charge in [-0.2, -0.15) is 0 Å². The van der Waals surface area contributed by atoms with Gasteiger partial charge in [0.1, 0.15) is 0 Å². The Morgan fingerprint density at radius 1 is 1.33 bits per heavy atom. The van der Waals surface area contributed by atoms with Crippen LogP contribution in [0.4, 0.5) is 0 Å². The molecule has 1 saturated carbocycles. The van der Waals surface area contributed by atoms with Crippen molar-refractivity contribution < 1.29 is 9.90 Å². The van der Waals surface area contributed by atoms with E-state index in [-0.39, 0.29) is 6.04 Å². The van der Waals surface area contributed by atoms with Crippen molar-refractivity contribution in [1.82, 2.24) is 4.90 Å². The van der Waals surface area contributed by atoms with Gasteiger partial charge in [-0.15, -0.1) is 0 Å². The highest BCUT2D eigenvalue weighted by molar-refractivity contribution is 5.79. The minimum absolute atomic E-state index is 0.0269. The van der Waals surface area contributed by atoms with Crippen LogP contribution >= 0.6 is 0 Å². The Hall–Kier alpha value is -1.35. The lowest BCUT2D eigenvalue weighted by Gasteiger charge is -2.30. The highest BCUT2D eigenvalue weighted by Gasteiger charge is 2.57. The van der Waals surface area contributed by atoms with E-state index in [0.29, 0.717) is 0 Å². The second kappa shape index (κ2) is 4.73. The SMILES string of the molecule is CCc1ccc(C(N(C)C)C2(C(=O)O)CC2)cc1. The van der Waals surface area contributed by atoms with E-state index in [1.165, 1.54) is 5.56 Å². The van der Waals surface area contributed by atoms with Crippen molar-refractivity contribution in [3.05, 3.63) is 35.4 Å². The van der Waals surface area contributed by atoms with E-state index in [1.807, 2.05) is 19.0 Å². The molecule has 0 aromatic heterocycles. The summed E-state index contributed by atoms with van der Waals surface area (Å²) in [6.07, 6.45) is 2.57. The number of hydrogen-bond acceptors (Lipinski definition) is 2. The van der Waals surface area contributed by atoms with Crippen LogP contribution in [0.15, 0.2) is 24.3 Å². The number of aryl methyl sites for hydroxylation is 1. The van der Waals surface area contributed by atoms with E-state index in [2.05, 4.69) is 31.2 Å². The Kier molecular flexibility index (Phi) is 3.44. The van der Waals surface area contributed by atoms with E-state index >= 15 is 0 Å². The zero-order valence-corrected chi connectivity index (χ0v) is 11.3. The Labute approximate surface area is 108 Å². The molecule has 2 rings (SSSR count). The number of carbonyl (C=O) groups is 1. The van der Waals surface area contributed by atoms with Crippen LogP contribution in [0.5, 0.6) is 0 Å². The molecule has 98 valence electrons. The number of benzene rings is 1. The van der Waals surface area contributed by atoms with Gasteiger partial charge in [0.15, 0.2) is 0 Å². The van der Waals surface area contributed by atoms with Crippen molar-refractivity contribution in [1.29, 1.82) is 0 Å². The molecule has 18 heavy (non-hydrogen) atoms. The monoisotopic (exact) mass is 247 g/mol. The molecule has 0 bridgehead atoms. The zero-order valence-electron chi connectivity index (χ0n) is 11.3. The number of carboxylic acid groups (broad SMARTS) is 1. The van der Waals surface area contributed by atoms with Crippen molar-refractivity contribution >= 4 is 5.97 Å². The van der Waals surface area contributed by atoms with Gasteiger partial charge in [-0.3, -0.25) is 4.79 Å².